The minimum Gasteiger partial charge on any atom is -0.321 e. The number of hydrogen-bond donors (Lipinski definition) is 1. The van der Waals surface area contributed by atoms with Crippen LogP contribution < -0.4 is 5.73 Å². The molecular formula is C16H18ClNS. The van der Waals surface area contributed by atoms with Gasteiger partial charge in [-0.25, -0.2) is 0 Å². The molecule has 2 N–H and O–H groups in total. The fraction of sp³-hybridized carbons (Fsp3) is 0.375. The number of rotatable bonds is 2. The van der Waals surface area contributed by atoms with Gasteiger partial charge in [-0.05, 0) is 42.5 Å². The molecule has 0 amide bonds. The lowest BCUT2D eigenvalue weighted by molar-refractivity contribution is 0.401. The first-order valence-electron chi connectivity index (χ1n) is 6.79. The van der Waals surface area contributed by atoms with Gasteiger partial charge in [0.1, 0.15) is 0 Å². The van der Waals surface area contributed by atoms with Crippen LogP contribution in [0.4, 0.5) is 0 Å². The van der Waals surface area contributed by atoms with Crippen molar-refractivity contribution in [1.82, 2.24) is 0 Å². The van der Waals surface area contributed by atoms with Crippen LogP contribution in [0.5, 0.6) is 0 Å². The Hall–Kier alpha value is -0.830. The van der Waals surface area contributed by atoms with Crippen molar-refractivity contribution >= 4 is 22.9 Å². The summed E-state index contributed by atoms with van der Waals surface area (Å²) >= 11 is 7.68. The van der Waals surface area contributed by atoms with Gasteiger partial charge in [0.2, 0.25) is 0 Å². The van der Waals surface area contributed by atoms with Crippen molar-refractivity contribution in [2.24, 2.45) is 5.73 Å². The third kappa shape index (κ3) is 2.71. The summed E-state index contributed by atoms with van der Waals surface area (Å²) < 4.78 is 0.848. The molecule has 0 fully saturated rings. The Morgan fingerprint density at radius 1 is 1.16 bits per heavy atom. The fourth-order valence-corrected chi connectivity index (χ4v) is 4.27. The lowest BCUT2D eigenvalue weighted by atomic mass is 9.82. The molecule has 100 valence electrons. The molecule has 0 saturated carbocycles. The van der Waals surface area contributed by atoms with Gasteiger partial charge in [-0.1, -0.05) is 42.3 Å². The van der Waals surface area contributed by atoms with Gasteiger partial charge >= 0.3 is 0 Å². The van der Waals surface area contributed by atoms with Crippen molar-refractivity contribution in [3.8, 4) is 0 Å². The molecule has 1 unspecified atom stereocenters. The smallest absolute Gasteiger partial charge is 0.0931 e. The summed E-state index contributed by atoms with van der Waals surface area (Å²) in [5, 5.41) is 0. The molecule has 1 aliphatic rings. The summed E-state index contributed by atoms with van der Waals surface area (Å²) in [7, 11) is 0. The number of hydrogen-bond acceptors (Lipinski definition) is 2. The number of benzene rings is 1. The Labute approximate surface area is 123 Å². The van der Waals surface area contributed by atoms with Crippen LogP contribution in [0.3, 0.4) is 0 Å². The topological polar surface area (TPSA) is 26.0 Å². The van der Waals surface area contributed by atoms with E-state index in [1.165, 1.54) is 28.8 Å². The molecular weight excluding hydrogens is 274 g/mol. The molecule has 3 heteroatoms. The Balaban J connectivity index is 1.97. The maximum atomic E-state index is 6.78. The normalized spacial score (nSPS) is 22.8. The van der Waals surface area contributed by atoms with Crippen molar-refractivity contribution in [2.75, 3.05) is 0 Å². The van der Waals surface area contributed by atoms with Crippen LogP contribution in [0.1, 0.15) is 35.3 Å². The van der Waals surface area contributed by atoms with Gasteiger partial charge in [0.25, 0.3) is 0 Å². The average molecular weight is 292 g/mol. The van der Waals surface area contributed by atoms with Crippen molar-refractivity contribution in [3.05, 3.63) is 56.7 Å². The molecule has 1 aromatic carbocycles. The molecule has 1 heterocycles. The highest BCUT2D eigenvalue weighted by Gasteiger charge is 2.31. The number of aryl methyl sites for hydroxylation is 1. The van der Waals surface area contributed by atoms with E-state index < -0.39 is 0 Å². The Morgan fingerprint density at radius 3 is 2.79 bits per heavy atom. The van der Waals surface area contributed by atoms with Crippen LogP contribution in [0, 0.1) is 0 Å². The summed E-state index contributed by atoms with van der Waals surface area (Å²) in [6.07, 6.45) is 5.53. The van der Waals surface area contributed by atoms with Gasteiger partial charge < -0.3 is 5.73 Å². The zero-order valence-corrected chi connectivity index (χ0v) is 12.4. The second kappa shape index (κ2) is 5.28. The predicted octanol–water partition coefficient (Wildman–Crippen LogP) is 4.52. The van der Waals surface area contributed by atoms with Crippen LogP contribution in [-0.4, -0.2) is 0 Å². The summed E-state index contributed by atoms with van der Waals surface area (Å²) in [6, 6.07) is 12.7. The zero-order chi connectivity index (χ0) is 13.3. The summed E-state index contributed by atoms with van der Waals surface area (Å²) in [5.74, 6) is 0. The highest BCUT2D eigenvalue weighted by molar-refractivity contribution is 7.16. The monoisotopic (exact) mass is 291 g/mol. The van der Waals surface area contributed by atoms with Crippen molar-refractivity contribution < 1.29 is 0 Å². The molecule has 3 rings (SSSR count). The molecule has 0 spiro atoms. The Kier molecular flexibility index (Phi) is 3.66. The second-order valence-electron chi connectivity index (χ2n) is 5.40. The van der Waals surface area contributed by atoms with Crippen LogP contribution in [0.15, 0.2) is 36.4 Å². The summed E-state index contributed by atoms with van der Waals surface area (Å²) in [4.78, 5) is 1.28. The number of halogens is 1. The molecule has 0 saturated heterocycles. The first kappa shape index (κ1) is 13.2. The van der Waals surface area contributed by atoms with E-state index in [4.69, 9.17) is 17.3 Å². The zero-order valence-electron chi connectivity index (χ0n) is 10.9. The number of thiophene rings is 1. The van der Waals surface area contributed by atoms with Gasteiger partial charge in [-0.2, -0.15) is 0 Å². The molecule has 19 heavy (non-hydrogen) atoms. The molecule has 2 aromatic rings. The van der Waals surface area contributed by atoms with E-state index in [9.17, 15) is 0 Å². The lowest BCUT2D eigenvalue weighted by Gasteiger charge is -2.30. The minimum absolute atomic E-state index is 0.235. The van der Waals surface area contributed by atoms with Gasteiger partial charge in [0, 0.05) is 16.8 Å². The minimum atomic E-state index is -0.235. The van der Waals surface area contributed by atoms with Gasteiger partial charge in [-0.3, -0.25) is 0 Å². The largest absolute Gasteiger partial charge is 0.321 e. The maximum absolute atomic E-state index is 6.78. The maximum Gasteiger partial charge on any atom is 0.0931 e. The molecule has 1 aromatic heterocycles. The third-order valence-corrected chi connectivity index (χ3v) is 5.22. The van der Waals surface area contributed by atoms with E-state index in [0.717, 1.165) is 23.6 Å². The van der Waals surface area contributed by atoms with E-state index in [-0.39, 0.29) is 5.54 Å². The van der Waals surface area contributed by atoms with Gasteiger partial charge in [0.15, 0.2) is 0 Å². The van der Waals surface area contributed by atoms with Crippen molar-refractivity contribution in [1.29, 1.82) is 0 Å². The standard InChI is InChI=1S/C16H18ClNS/c17-15-9-8-13(19-15)11-16(18)10-4-3-6-12-5-1-2-7-14(12)16/h1-2,5,7-9H,3-4,6,10-11,18H2. The van der Waals surface area contributed by atoms with Gasteiger partial charge in [0.05, 0.1) is 4.34 Å². The summed E-state index contributed by atoms with van der Waals surface area (Å²) in [5.41, 5.74) is 9.29. The van der Waals surface area contributed by atoms with Crippen LogP contribution >= 0.6 is 22.9 Å². The SMILES string of the molecule is NC1(Cc2ccc(Cl)s2)CCCCc2ccccc21. The van der Waals surface area contributed by atoms with Crippen molar-refractivity contribution in [2.45, 2.75) is 37.6 Å². The Bertz CT molecular complexity index is 578. The predicted molar refractivity (Wildman–Crippen MR) is 82.9 cm³/mol. The molecule has 0 radical (unpaired) electrons. The van der Waals surface area contributed by atoms with Crippen LogP contribution in [0.25, 0.3) is 0 Å². The average Bonchev–Trinajstić information content (AvgIpc) is 2.72. The summed E-state index contributed by atoms with van der Waals surface area (Å²) in [6.45, 7) is 0. The first-order chi connectivity index (χ1) is 9.17. The highest BCUT2D eigenvalue weighted by Crippen LogP contribution is 2.36. The fourth-order valence-electron chi connectivity index (χ4n) is 3.06. The number of nitrogens with two attached hydrogens (primary N) is 1. The molecule has 1 nitrogen and oxygen atoms in total. The van der Waals surface area contributed by atoms with E-state index in [1.54, 1.807) is 11.3 Å². The van der Waals surface area contributed by atoms with E-state index in [0.29, 0.717) is 0 Å². The van der Waals surface area contributed by atoms with Crippen LogP contribution in [0.2, 0.25) is 4.34 Å². The number of fused-ring (bicyclic) bond motifs is 1. The third-order valence-electron chi connectivity index (χ3n) is 3.99. The lowest BCUT2D eigenvalue weighted by Crippen LogP contribution is -2.39. The van der Waals surface area contributed by atoms with Crippen LogP contribution in [-0.2, 0) is 18.4 Å². The highest BCUT2D eigenvalue weighted by atomic mass is 35.5. The molecule has 1 atom stereocenters. The molecule has 1 aliphatic carbocycles. The first-order valence-corrected chi connectivity index (χ1v) is 7.98. The van der Waals surface area contributed by atoms with Crippen molar-refractivity contribution in [3.63, 3.8) is 0 Å². The molecule has 0 aliphatic heterocycles. The Morgan fingerprint density at radius 2 is 2.00 bits per heavy atom. The second-order valence-corrected chi connectivity index (χ2v) is 7.20. The van der Waals surface area contributed by atoms with E-state index >= 15 is 0 Å². The quantitative estimate of drug-likeness (QED) is 0.809. The van der Waals surface area contributed by atoms with E-state index in [2.05, 4.69) is 30.3 Å². The van der Waals surface area contributed by atoms with Gasteiger partial charge in [-0.15, -0.1) is 11.3 Å². The van der Waals surface area contributed by atoms with E-state index in [1.807, 2.05) is 6.07 Å². The molecule has 0 bridgehead atoms.